The van der Waals surface area contributed by atoms with E-state index in [9.17, 15) is 9.18 Å². The number of aromatic nitrogens is 2. The molecule has 1 amide bonds. The summed E-state index contributed by atoms with van der Waals surface area (Å²) in [6, 6.07) is 8.21. The van der Waals surface area contributed by atoms with Crippen LogP contribution in [0.4, 0.5) is 4.39 Å². The molecule has 0 saturated carbocycles. The van der Waals surface area contributed by atoms with Crippen LogP contribution in [0, 0.1) is 5.82 Å². The van der Waals surface area contributed by atoms with Crippen molar-refractivity contribution in [3.63, 3.8) is 0 Å². The molecule has 0 aliphatic heterocycles. The van der Waals surface area contributed by atoms with Gasteiger partial charge < -0.3 is 9.42 Å². The van der Waals surface area contributed by atoms with E-state index in [1.165, 1.54) is 12.1 Å². The van der Waals surface area contributed by atoms with Gasteiger partial charge in [0.15, 0.2) is 0 Å². The molecule has 0 atom stereocenters. The van der Waals surface area contributed by atoms with Gasteiger partial charge in [-0.25, -0.2) is 4.39 Å². The highest BCUT2D eigenvalue weighted by molar-refractivity contribution is 7.08. The summed E-state index contributed by atoms with van der Waals surface area (Å²) in [5, 5.41) is 7.82. The Morgan fingerprint density at radius 1 is 1.36 bits per heavy atom. The van der Waals surface area contributed by atoms with E-state index in [0.29, 0.717) is 31.2 Å². The minimum atomic E-state index is -0.298. The molecule has 0 fully saturated rings. The maximum absolute atomic E-state index is 13.3. The van der Waals surface area contributed by atoms with E-state index in [4.69, 9.17) is 4.52 Å². The second kappa shape index (κ2) is 8.02. The zero-order valence-electron chi connectivity index (χ0n) is 13.8. The number of amides is 1. The third kappa shape index (κ3) is 4.51. The number of aryl methyl sites for hydroxylation is 1. The van der Waals surface area contributed by atoms with Crippen LogP contribution < -0.4 is 0 Å². The second-order valence-corrected chi connectivity index (χ2v) is 6.34. The zero-order valence-corrected chi connectivity index (χ0v) is 14.6. The smallest absolute Gasteiger partial charge is 0.227 e. The lowest BCUT2D eigenvalue weighted by Crippen LogP contribution is -2.30. The van der Waals surface area contributed by atoms with Crippen molar-refractivity contribution in [1.29, 1.82) is 0 Å². The van der Waals surface area contributed by atoms with Gasteiger partial charge in [0, 0.05) is 36.9 Å². The van der Waals surface area contributed by atoms with Crippen molar-refractivity contribution in [2.75, 3.05) is 6.54 Å². The van der Waals surface area contributed by atoms with Crippen molar-refractivity contribution < 1.29 is 13.7 Å². The summed E-state index contributed by atoms with van der Waals surface area (Å²) in [6.07, 6.45) is 0.657. The SMILES string of the molecule is CCN(Cc1cccc(F)c1)C(=O)CCc1nc(-c2ccsc2)no1. The monoisotopic (exact) mass is 359 g/mol. The van der Waals surface area contributed by atoms with E-state index in [-0.39, 0.29) is 18.1 Å². The number of nitrogens with zero attached hydrogens (tertiary/aromatic N) is 3. The Bertz CT molecular complexity index is 832. The Hall–Kier alpha value is -2.54. The molecule has 7 heteroatoms. The van der Waals surface area contributed by atoms with E-state index in [2.05, 4.69) is 10.1 Å². The molecular formula is C18H18FN3O2S. The highest BCUT2D eigenvalue weighted by atomic mass is 32.1. The zero-order chi connectivity index (χ0) is 17.6. The highest BCUT2D eigenvalue weighted by Gasteiger charge is 2.15. The average Bonchev–Trinajstić information content (AvgIpc) is 3.28. The lowest BCUT2D eigenvalue weighted by atomic mass is 10.2. The quantitative estimate of drug-likeness (QED) is 0.641. The second-order valence-electron chi connectivity index (χ2n) is 5.56. The predicted molar refractivity (Wildman–Crippen MR) is 93.4 cm³/mol. The predicted octanol–water partition coefficient (Wildman–Crippen LogP) is 3.92. The van der Waals surface area contributed by atoms with Gasteiger partial charge >= 0.3 is 0 Å². The van der Waals surface area contributed by atoms with E-state index >= 15 is 0 Å². The Morgan fingerprint density at radius 2 is 2.24 bits per heavy atom. The van der Waals surface area contributed by atoms with Crippen molar-refractivity contribution in [1.82, 2.24) is 15.0 Å². The molecule has 0 N–H and O–H groups in total. The number of benzene rings is 1. The van der Waals surface area contributed by atoms with E-state index in [1.807, 2.05) is 29.8 Å². The van der Waals surface area contributed by atoms with Gasteiger partial charge in [-0.05, 0) is 36.1 Å². The molecule has 0 aliphatic carbocycles. The summed E-state index contributed by atoms with van der Waals surface area (Å²) in [4.78, 5) is 18.4. The molecule has 0 radical (unpaired) electrons. The number of thiophene rings is 1. The molecule has 3 rings (SSSR count). The molecule has 130 valence electrons. The number of hydrogen-bond acceptors (Lipinski definition) is 5. The Labute approximate surface area is 149 Å². The van der Waals surface area contributed by atoms with Gasteiger partial charge in [0.25, 0.3) is 0 Å². The fourth-order valence-corrected chi connectivity index (χ4v) is 3.10. The molecule has 0 aliphatic rings. The molecule has 2 heterocycles. The van der Waals surface area contributed by atoms with Crippen LogP contribution in [0.5, 0.6) is 0 Å². The number of halogens is 1. The standard InChI is InChI=1S/C18H18FN3O2S/c1-2-22(11-13-4-3-5-15(19)10-13)17(23)7-6-16-20-18(21-24-16)14-8-9-25-12-14/h3-5,8-10,12H,2,6-7,11H2,1H3. The van der Waals surface area contributed by atoms with Crippen molar-refractivity contribution in [3.05, 3.63) is 58.4 Å². The van der Waals surface area contributed by atoms with Crippen molar-refractivity contribution in [2.45, 2.75) is 26.3 Å². The number of rotatable bonds is 7. The summed E-state index contributed by atoms with van der Waals surface area (Å²) >= 11 is 1.56. The van der Waals surface area contributed by atoms with Gasteiger partial charge in [0.1, 0.15) is 5.82 Å². The molecule has 0 unspecified atom stereocenters. The van der Waals surface area contributed by atoms with E-state index in [1.54, 1.807) is 22.3 Å². The largest absolute Gasteiger partial charge is 0.339 e. The van der Waals surface area contributed by atoms with Crippen LogP contribution in [-0.2, 0) is 17.8 Å². The van der Waals surface area contributed by atoms with Crippen LogP contribution in [0.3, 0.4) is 0 Å². The van der Waals surface area contributed by atoms with Gasteiger partial charge in [-0.15, -0.1) is 0 Å². The topological polar surface area (TPSA) is 59.2 Å². The summed E-state index contributed by atoms with van der Waals surface area (Å²) < 4.78 is 18.5. The summed E-state index contributed by atoms with van der Waals surface area (Å²) in [5.41, 5.74) is 1.68. The minimum Gasteiger partial charge on any atom is -0.339 e. The van der Waals surface area contributed by atoms with Crippen LogP contribution >= 0.6 is 11.3 Å². The number of carbonyl (C=O) groups is 1. The summed E-state index contributed by atoms with van der Waals surface area (Å²) in [5.74, 6) is 0.655. The minimum absolute atomic E-state index is 0.0259. The maximum atomic E-state index is 13.3. The fourth-order valence-electron chi connectivity index (χ4n) is 2.47. The van der Waals surface area contributed by atoms with Gasteiger partial charge in [-0.1, -0.05) is 17.3 Å². The molecule has 25 heavy (non-hydrogen) atoms. The molecular weight excluding hydrogens is 341 g/mol. The molecule has 0 spiro atoms. The van der Waals surface area contributed by atoms with Gasteiger partial charge in [-0.3, -0.25) is 4.79 Å². The van der Waals surface area contributed by atoms with Crippen molar-refractivity contribution in [3.8, 4) is 11.4 Å². The third-order valence-electron chi connectivity index (χ3n) is 3.80. The summed E-state index contributed by atoms with van der Waals surface area (Å²) in [7, 11) is 0. The molecule has 5 nitrogen and oxygen atoms in total. The normalized spacial score (nSPS) is 10.8. The lowest BCUT2D eigenvalue weighted by molar-refractivity contribution is -0.131. The van der Waals surface area contributed by atoms with Gasteiger partial charge in [-0.2, -0.15) is 16.3 Å². The molecule has 0 bridgehead atoms. The molecule has 1 aromatic carbocycles. The molecule has 0 saturated heterocycles. The van der Waals surface area contributed by atoms with Gasteiger partial charge in [0.05, 0.1) is 0 Å². The van der Waals surface area contributed by atoms with Crippen LogP contribution in [0.1, 0.15) is 24.8 Å². The van der Waals surface area contributed by atoms with Gasteiger partial charge in [0.2, 0.25) is 17.6 Å². The van der Waals surface area contributed by atoms with E-state index in [0.717, 1.165) is 11.1 Å². The Balaban J connectivity index is 1.57. The first kappa shape index (κ1) is 17.3. The Kier molecular flexibility index (Phi) is 5.55. The number of carbonyl (C=O) groups excluding carboxylic acids is 1. The van der Waals surface area contributed by atoms with Crippen LogP contribution in [0.25, 0.3) is 11.4 Å². The number of hydrogen-bond donors (Lipinski definition) is 0. The van der Waals surface area contributed by atoms with E-state index < -0.39 is 0 Å². The first-order valence-electron chi connectivity index (χ1n) is 8.03. The van der Waals surface area contributed by atoms with Crippen molar-refractivity contribution in [2.24, 2.45) is 0 Å². The first-order chi connectivity index (χ1) is 12.2. The lowest BCUT2D eigenvalue weighted by Gasteiger charge is -2.20. The van der Waals surface area contributed by atoms with Crippen LogP contribution in [0.2, 0.25) is 0 Å². The molecule has 3 aromatic rings. The molecule has 2 aromatic heterocycles. The Morgan fingerprint density at radius 3 is 2.96 bits per heavy atom. The summed E-state index contributed by atoms with van der Waals surface area (Å²) in [6.45, 7) is 2.84. The third-order valence-corrected chi connectivity index (χ3v) is 4.48. The highest BCUT2D eigenvalue weighted by Crippen LogP contribution is 2.19. The maximum Gasteiger partial charge on any atom is 0.227 e. The first-order valence-corrected chi connectivity index (χ1v) is 8.97. The van der Waals surface area contributed by atoms with Crippen LogP contribution in [0.15, 0.2) is 45.6 Å². The average molecular weight is 359 g/mol. The van der Waals surface area contributed by atoms with Crippen LogP contribution in [-0.4, -0.2) is 27.5 Å². The fraction of sp³-hybridized carbons (Fsp3) is 0.278. The van der Waals surface area contributed by atoms with Crippen molar-refractivity contribution >= 4 is 17.2 Å².